The van der Waals surface area contributed by atoms with Gasteiger partial charge in [-0.05, 0) is 20.8 Å². The summed E-state index contributed by atoms with van der Waals surface area (Å²) >= 11 is 0. The van der Waals surface area contributed by atoms with Crippen molar-refractivity contribution in [2.24, 2.45) is 5.41 Å². The largest absolute Gasteiger partial charge is 0.469 e. The second kappa shape index (κ2) is 6.79. The molecule has 0 aromatic heterocycles. The van der Waals surface area contributed by atoms with Crippen molar-refractivity contribution in [1.29, 1.82) is 0 Å². The summed E-state index contributed by atoms with van der Waals surface area (Å²) in [5.41, 5.74) is -0.582. The van der Waals surface area contributed by atoms with E-state index in [0.29, 0.717) is 26.4 Å². The molecule has 84 valence electrons. The summed E-state index contributed by atoms with van der Waals surface area (Å²) in [6.07, 6.45) is 0. The SMILES string of the molecule is CCOCCOCC(C)(C)C(=O)OC. The quantitative estimate of drug-likeness (QED) is 0.462. The van der Waals surface area contributed by atoms with Crippen molar-refractivity contribution in [3.8, 4) is 0 Å². The molecule has 0 bridgehead atoms. The Morgan fingerprint density at radius 3 is 2.29 bits per heavy atom. The Balaban J connectivity index is 3.60. The highest BCUT2D eigenvalue weighted by molar-refractivity contribution is 5.75. The molecule has 4 nitrogen and oxygen atoms in total. The number of esters is 1. The van der Waals surface area contributed by atoms with Crippen LogP contribution >= 0.6 is 0 Å². The van der Waals surface area contributed by atoms with E-state index in [1.807, 2.05) is 6.92 Å². The van der Waals surface area contributed by atoms with Crippen LogP contribution in [-0.4, -0.2) is 39.5 Å². The lowest BCUT2D eigenvalue weighted by Crippen LogP contribution is -2.31. The Kier molecular flexibility index (Phi) is 6.49. The molecule has 0 amide bonds. The minimum atomic E-state index is -0.582. The van der Waals surface area contributed by atoms with Crippen molar-refractivity contribution in [3.63, 3.8) is 0 Å². The fourth-order valence-corrected chi connectivity index (χ4v) is 0.925. The summed E-state index contributed by atoms with van der Waals surface area (Å²) < 4.78 is 15.0. The summed E-state index contributed by atoms with van der Waals surface area (Å²) in [6.45, 7) is 7.62. The maximum atomic E-state index is 11.2. The smallest absolute Gasteiger partial charge is 0.313 e. The van der Waals surface area contributed by atoms with Crippen LogP contribution in [0.4, 0.5) is 0 Å². The van der Waals surface area contributed by atoms with Crippen LogP contribution in [0.2, 0.25) is 0 Å². The highest BCUT2D eigenvalue weighted by atomic mass is 16.5. The van der Waals surface area contributed by atoms with Gasteiger partial charge in [0.05, 0.1) is 32.3 Å². The minimum absolute atomic E-state index is 0.256. The van der Waals surface area contributed by atoms with Gasteiger partial charge in [0.1, 0.15) is 0 Å². The van der Waals surface area contributed by atoms with Gasteiger partial charge in [0.2, 0.25) is 0 Å². The maximum Gasteiger partial charge on any atom is 0.313 e. The van der Waals surface area contributed by atoms with Crippen LogP contribution in [0.1, 0.15) is 20.8 Å². The molecule has 0 N–H and O–H groups in total. The second-order valence-corrected chi connectivity index (χ2v) is 3.62. The molecular weight excluding hydrogens is 184 g/mol. The zero-order chi connectivity index (χ0) is 11.0. The van der Waals surface area contributed by atoms with Gasteiger partial charge in [-0.25, -0.2) is 0 Å². The molecule has 0 radical (unpaired) electrons. The summed E-state index contributed by atoms with van der Waals surface area (Å²) in [5, 5.41) is 0. The second-order valence-electron chi connectivity index (χ2n) is 3.62. The van der Waals surface area contributed by atoms with Crippen LogP contribution in [0.5, 0.6) is 0 Å². The van der Waals surface area contributed by atoms with Gasteiger partial charge in [-0.3, -0.25) is 4.79 Å². The highest BCUT2D eigenvalue weighted by Crippen LogP contribution is 2.16. The Labute approximate surface area is 85.5 Å². The number of hydrogen-bond acceptors (Lipinski definition) is 4. The van der Waals surface area contributed by atoms with E-state index in [-0.39, 0.29) is 5.97 Å². The van der Waals surface area contributed by atoms with Crippen molar-refractivity contribution in [2.45, 2.75) is 20.8 Å². The summed E-state index contributed by atoms with van der Waals surface area (Å²) in [5.74, 6) is -0.256. The molecule has 0 unspecified atom stereocenters. The lowest BCUT2D eigenvalue weighted by Gasteiger charge is -2.20. The minimum Gasteiger partial charge on any atom is -0.469 e. The van der Waals surface area contributed by atoms with Gasteiger partial charge in [-0.1, -0.05) is 0 Å². The maximum absolute atomic E-state index is 11.2. The summed E-state index contributed by atoms with van der Waals surface area (Å²) in [4.78, 5) is 11.2. The summed E-state index contributed by atoms with van der Waals surface area (Å²) in [6, 6.07) is 0. The van der Waals surface area contributed by atoms with Gasteiger partial charge in [0.25, 0.3) is 0 Å². The van der Waals surface area contributed by atoms with E-state index in [9.17, 15) is 4.79 Å². The van der Waals surface area contributed by atoms with Crippen LogP contribution in [0.3, 0.4) is 0 Å². The van der Waals surface area contributed by atoms with Crippen LogP contribution < -0.4 is 0 Å². The molecule has 0 rings (SSSR count). The van der Waals surface area contributed by atoms with Gasteiger partial charge >= 0.3 is 5.97 Å². The molecule has 14 heavy (non-hydrogen) atoms. The third kappa shape index (κ3) is 5.19. The average molecular weight is 204 g/mol. The first-order valence-electron chi connectivity index (χ1n) is 4.78. The van der Waals surface area contributed by atoms with Crippen molar-refractivity contribution in [1.82, 2.24) is 0 Å². The van der Waals surface area contributed by atoms with Crippen LogP contribution in [0, 0.1) is 5.41 Å². The van der Waals surface area contributed by atoms with Gasteiger partial charge in [0, 0.05) is 6.61 Å². The van der Waals surface area contributed by atoms with E-state index < -0.39 is 5.41 Å². The predicted octanol–water partition coefficient (Wildman–Crippen LogP) is 1.24. The number of ether oxygens (including phenoxy) is 3. The topological polar surface area (TPSA) is 44.8 Å². The molecule has 0 aliphatic heterocycles. The van der Waals surface area contributed by atoms with Crippen LogP contribution in [-0.2, 0) is 19.0 Å². The molecule has 0 fully saturated rings. The lowest BCUT2D eigenvalue weighted by molar-refractivity contribution is -0.154. The standard InChI is InChI=1S/C10H20O4/c1-5-13-6-7-14-8-10(2,3)9(11)12-4/h5-8H2,1-4H3. The molecule has 0 heterocycles. The van der Waals surface area contributed by atoms with E-state index in [0.717, 1.165) is 0 Å². The Morgan fingerprint density at radius 2 is 1.79 bits per heavy atom. The highest BCUT2D eigenvalue weighted by Gasteiger charge is 2.28. The van der Waals surface area contributed by atoms with Crippen molar-refractivity contribution in [3.05, 3.63) is 0 Å². The van der Waals surface area contributed by atoms with Crippen molar-refractivity contribution >= 4 is 5.97 Å². The van der Waals surface area contributed by atoms with Crippen LogP contribution in [0.25, 0.3) is 0 Å². The van der Waals surface area contributed by atoms with Gasteiger partial charge < -0.3 is 14.2 Å². The van der Waals surface area contributed by atoms with Gasteiger partial charge in [0.15, 0.2) is 0 Å². The van der Waals surface area contributed by atoms with Crippen molar-refractivity contribution in [2.75, 3.05) is 33.5 Å². The first-order valence-corrected chi connectivity index (χ1v) is 4.78. The fraction of sp³-hybridized carbons (Fsp3) is 0.900. The molecular formula is C10H20O4. The molecule has 4 heteroatoms. The zero-order valence-corrected chi connectivity index (χ0v) is 9.46. The molecule has 0 aromatic carbocycles. The van der Waals surface area contributed by atoms with Crippen LogP contribution in [0.15, 0.2) is 0 Å². The molecule has 0 aliphatic rings. The molecule has 0 saturated heterocycles. The van der Waals surface area contributed by atoms with E-state index in [4.69, 9.17) is 9.47 Å². The summed E-state index contributed by atoms with van der Waals surface area (Å²) in [7, 11) is 1.38. The Bertz CT molecular complexity index is 166. The van der Waals surface area contributed by atoms with E-state index in [1.54, 1.807) is 13.8 Å². The number of carbonyl (C=O) groups is 1. The predicted molar refractivity (Wildman–Crippen MR) is 53.1 cm³/mol. The van der Waals surface area contributed by atoms with Gasteiger partial charge in [-0.2, -0.15) is 0 Å². The van der Waals surface area contributed by atoms with E-state index >= 15 is 0 Å². The average Bonchev–Trinajstić information content (AvgIpc) is 2.16. The third-order valence-corrected chi connectivity index (χ3v) is 1.78. The monoisotopic (exact) mass is 204 g/mol. The van der Waals surface area contributed by atoms with Gasteiger partial charge in [-0.15, -0.1) is 0 Å². The zero-order valence-electron chi connectivity index (χ0n) is 9.46. The number of hydrogen-bond donors (Lipinski definition) is 0. The van der Waals surface area contributed by atoms with Crippen molar-refractivity contribution < 1.29 is 19.0 Å². The number of rotatable bonds is 7. The first-order chi connectivity index (χ1) is 6.54. The molecule has 0 spiro atoms. The number of methoxy groups -OCH3 is 1. The lowest BCUT2D eigenvalue weighted by atomic mass is 9.95. The van der Waals surface area contributed by atoms with E-state index in [2.05, 4.69) is 4.74 Å². The number of carbonyl (C=O) groups excluding carboxylic acids is 1. The Morgan fingerprint density at radius 1 is 1.21 bits per heavy atom. The fourth-order valence-electron chi connectivity index (χ4n) is 0.925. The Hall–Kier alpha value is -0.610. The third-order valence-electron chi connectivity index (χ3n) is 1.78. The van der Waals surface area contributed by atoms with E-state index in [1.165, 1.54) is 7.11 Å². The molecule has 0 atom stereocenters. The molecule has 0 aliphatic carbocycles. The molecule has 0 saturated carbocycles. The molecule has 0 aromatic rings. The first kappa shape index (κ1) is 13.4. The normalized spacial score (nSPS) is 11.4.